The van der Waals surface area contributed by atoms with E-state index in [2.05, 4.69) is 99.7 Å². The Bertz CT molecular complexity index is 740. The number of allylic oxidation sites excluding steroid dienone is 4. The third-order valence-corrected chi connectivity index (χ3v) is 4.74. The molecule has 0 aromatic heterocycles. The van der Waals surface area contributed by atoms with Gasteiger partial charge in [0.25, 0.3) is 0 Å². The van der Waals surface area contributed by atoms with Crippen LogP contribution >= 0.6 is 22.6 Å². The standard InChI is InChI=1S/C21H22IN3/c1-2-16(17-10-5-3-6-11-17)14-9-15-19-23-20(25-21(22)24-19)18-12-7-4-8-13-18/h2-15,19-21,23-25H,1H2/b15-9+,16-14+. The molecule has 3 nitrogen and oxygen atoms in total. The molecule has 0 saturated carbocycles. The molecule has 0 bridgehead atoms. The maximum absolute atomic E-state index is 3.92. The third-order valence-electron chi connectivity index (χ3n) is 4.02. The normalized spacial score (nSPS) is 24.4. The highest BCUT2D eigenvalue weighted by atomic mass is 127. The van der Waals surface area contributed by atoms with Crippen molar-refractivity contribution >= 4 is 28.2 Å². The molecule has 1 fully saturated rings. The van der Waals surface area contributed by atoms with Crippen molar-refractivity contribution in [1.29, 1.82) is 0 Å². The van der Waals surface area contributed by atoms with Gasteiger partial charge >= 0.3 is 0 Å². The van der Waals surface area contributed by atoms with Gasteiger partial charge in [-0.1, -0.05) is 91.5 Å². The summed E-state index contributed by atoms with van der Waals surface area (Å²) in [7, 11) is 0. The van der Waals surface area contributed by atoms with E-state index in [-0.39, 0.29) is 16.5 Å². The van der Waals surface area contributed by atoms with Gasteiger partial charge in [-0.2, -0.15) is 0 Å². The predicted molar refractivity (Wildman–Crippen MR) is 114 cm³/mol. The molecular weight excluding hydrogens is 421 g/mol. The first-order valence-electron chi connectivity index (χ1n) is 8.30. The SMILES string of the molecule is C=C/C(=C\C=C\C1NC(I)NC(c2ccccc2)N1)c1ccccc1. The zero-order chi connectivity index (χ0) is 17.5. The van der Waals surface area contributed by atoms with Gasteiger partial charge < -0.3 is 0 Å². The molecule has 25 heavy (non-hydrogen) atoms. The predicted octanol–water partition coefficient (Wildman–Crippen LogP) is 4.34. The largest absolute Gasteiger partial charge is 0.279 e. The molecule has 3 unspecified atom stereocenters. The fraction of sp³-hybridized carbons (Fsp3) is 0.143. The zero-order valence-corrected chi connectivity index (χ0v) is 16.1. The van der Waals surface area contributed by atoms with Crippen molar-refractivity contribution in [2.45, 2.75) is 16.5 Å². The molecule has 2 aromatic carbocycles. The van der Waals surface area contributed by atoms with E-state index in [1.165, 1.54) is 11.1 Å². The molecule has 3 rings (SSSR count). The maximum Gasteiger partial charge on any atom is 0.114 e. The molecular formula is C21H22IN3. The second-order valence-electron chi connectivity index (χ2n) is 5.76. The van der Waals surface area contributed by atoms with E-state index >= 15 is 0 Å². The number of hydrogen-bond acceptors (Lipinski definition) is 3. The smallest absolute Gasteiger partial charge is 0.114 e. The molecule has 1 aliphatic heterocycles. The number of alkyl halides is 1. The summed E-state index contributed by atoms with van der Waals surface area (Å²) in [6, 6.07) is 20.7. The Morgan fingerprint density at radius 1 is 0.920 bits per heavy atom. The van der Waals surface area contributed by atoms with Gasteiger partial charge in [-0.3, -0.25) is 16.0 Å². The quantitative estimate of drug-likeness (QED) is 0.279. The Balaban J connectivity index is 1.70. The molecule has 1 heterocycles. The van der Waals surface area contributed by atoms with Crippen molar-refractivity contribution in [3.05, 3.63) is 103 Å². The lowest BCUT2D eigenvalue weighted by atomic mass is 10.1. The van der Waals surface area contributed by atoms with Crippen LogP contribution in [0.25, 0.3) is 5.57 Å². The lowest BCUT2D eigenvalue weighted by Gasteiger charge is -2.35. The van der Waals surface area contributed by atoms with Crippen LogP contribution in [0.1, 0.15) is 17.3 Å². The number of hydrogen-bond donors (Lipinski definition) is 3. The van der Waals surface area contributed by atoms with Gasteiger partial charge in [-0.25, -0.2) is 0 Å². The number of benzene rings is 2. The molecule has 0 amide bonds. The molecule has 3 atom stereocenters. The van der Waals surface area contributed by atoms with Crippen LogP contribution in [0, 0.1) is 0 Å². The lowest BCUT2D eigenvalue weighted by molar-refractivity contribution is 0.288. The first-order valence-corrected chi connectivity index (χ1v) is 9.54. The molecule has 2 aromatic rings. The minimum Gasteiger partial charge on any atom is -0.279 e. The Hall–Kier alpha value is -1.73. The van der Waals surface area contributed by atoms with Crippen LogP contribution < -0.4 is 16.0 Å². The van der Waals surface area contributed by atoms with Crippen molar-refractivity contribution in [1.82, 2.24) is 16.0 Å². The van der Waals surface area contributed by atoms with Gasteiger partial charge in [0.15, 0.2) is 0 Å². The van der Waals surface area contributed by atoms with Crippen LogP contribution in [-0.2, 0) is 0 Å². The molecule has 1 aliphatic rings. The fourth-order valence-corrected chi connectivity index (χ4v) is 3.51. The van der Waals surface area contributed by atoms with Crippen LogP contribution in [0.5, 0.6) is 0 Å². The highest BCUT2D eigenvalue weighted by molar-refractivity contribution is 14.1. The Labute approximate surface area is 163 Å². The van der Waals surface area contributed by atoms with Crippen LogP contribution in [-0.4, -0.2) is 10.3 Å². The molecule has 0 radical (unpaired) electrons. The van der Waals surface area contributed by atoms with E-state index < -0.39 is 0 Å². The first kappa shape index (κ1) is 18.1. The van der Waals surface area contributed by atoms with Crippen LogP contribution in [0.4, 0.5) is 0 Å². The summed E-state index contributed by atoms with van der Waals surface area (Å²) in [6.45, 7) is 3.92. The molecule has 4 heteroatoms. The first-order chi connectivity index (χ1) is 12.3. The van der Waals surface area contributed by atoms with Crippen LogP contribution in [0.2, 0.25) is 0 Å². The highest BCUT2D eigenvalue weighted by Crippen LogP contribution is 2.17. The van der Waals surface area contributed by atoms with Crippen molar-refractivity contribution in [3.8, 4) is 0 Å². The Morgan fingerprint density at radius 2 is 1.60 bits per heavy atom. The van der Waals surface area contributed by atoms with Gasteiger partial charge in [0.05, 0.1) is 12.3 Å². The number of halogens is 1. The van der Waals surface area contributed by atoms with Gasteiger partial charge in [0.1, 0.15) is 4.17 Å². The van der Waals surface area contributed by atoms with E-state index in [9.17, 15) is 0 Å². The highest BCUT2D eigenvalue weighted by Gasteiger charge is 2.24. The second-order valence-corrected chi connectivity index (χ2v) is 7.01. The van der Waals surface area contributed by atoms with Gasteiger partial charge in [0.2, 0.25) is 0 Å². The Kier molecular flexibility index (Phi) is 6.58. The summed E-state index contributed by atoms with van der Waals surface area (Å²) in [5.74, 6) is 0. The van der Waals surface area contributed by atoms with Crippen LogP contribution in [0.3, 0.4) is 0 Å². The van der Waals surface area contributed by atoms with Crippen LogP contribution in [0.15, 0.2) is 91.5 Å². The van der Waals surface area contributed by atoms with Gasteiger partial charge in [-0.15, -0.1) is 0 Å². The summed E-state index contributed by atoms with van der Waals surface area (Å²) < 4.78 is 0.190. The number of rotatable bonds is 5. The van der Waals surface area contributed by atoms with Gasteiger partial charge in [-0.05, 0) is 39.3 Å². The minimum atomic E-state index is 0.0893. The topological polar surface area (TPSA) is 36.1 Å². The average molecular weight is 443 g/mol. The zero-order valence-electron chi connectivity index (χ0n) is 13.9. The molecule has 128 valence electrons. The Morgan fingerprint density at radius 3 is 2.28 bits per heavy atom. The van der Waals surface area contributed by atoms with Crippen molar-refractivity contribution in [2.75, 3.05) is 0 Å². The molecule has 0 spiro atoms. The maximum atomic E-state index is 3.92. The van der Waals surface area contributed by atoms with E-state index in [4.69, 9.17) is 0 Å². The summed E-state index contributed by atoms with van der Waals surface area (Å²) in [5.41, 5.74) is 3.51. The number of nitrogens with one attached hydrogen (secondary N) is 3. The summed E-state index contributed by atoms with van der Waals surface area (Å²) in [4.78, 5) is 0. The lowest BCUT2D eigenvalue weighted by Crippen LogP contribution is -2.60. The minimum absolute atomic E-state index is 0.0893. The molecule has 0 aliphatic carbocycles. The van der Waals surface area contributed by atoms with E-state index in [1.807, 2.05) is 30.3 Å². The monoisotopic (exact) mass is 443 g/mol. The summed E-state index contributed by atoms with van der Waals surface area (Å²) in [5, 5.41) is 10.5. The average Bonchev–Trinajstić information content (AvgIpc) is 2.66. The molecule has 3 N–H and O–H groups in total. The summed E-state index contributed by atoms with van der Waals surface area (Å²) in [6.07, 6.45) is 8.40. The van der Waals surface area contributed by atoms with Gasteiger partial charge in [0, 0.05) is 0 Å². The third kappa shape index (κ3) is 5.12. The molecule has 1 saturated heterocycles. The second kappa shape index (κ2) is 9.10. The van der Waals surface area contributed by atoms with E-state index in [0.29, 0.717) is 0 Å². The van der Waals surface area contributed by atoms with E-state index in [1.54, 1.807) is 0 Å². The van der Waals surface area contributed by atoms with E-state index in [0.717, 1.165) is 5.57 Å². The van der Waals surface area contributed by atoms with Crippen molar-refractivity contribution in [3.63, 3.8) is 0 Å². The van der Waals surface area contributed by atoms with Crippen molar-refractivity contribution in [2.24, 2.45) is 0 Å². The fourth-order valence-electron chi connectivity index (χ4n) is 2.76. The summed E-state index contributed by atoms with van der Waals surface area (Å²) >= 11 is 2.37. The van der Waals surface area contributed by atoms with Crippen molar-refractivity contribution < 1.29 is 0 Å².